The van der Waals surface area contributed by atoms with Crippen LogP contribution in [0.3, 0.4) is 0 Å². The quantitative estimate of drug-likeness (QED) is 0.698. The van der Waals surface area contributed by atoms with Crippen LogP contribution in [0.1, 0.15) is 15.4 Å². The summed E-state index contributed by atoms with van der Waals surface area (Å²) in [6.07, 6.45) is 4.87. The van der Waals surface area contributed by atoms with Gasteiger partial charge in [-0.3, -0.25) is 4.79 Å². The number of nitrogens with zero attached hydrogens (tertiary/aromatic N) is 4. The molecule has 25 heavy (non-hydrogen) atoms. The van der Waals surface area contributed by atoms with Crippen molar-refractivity contribution < 1.29 is 14.6 Å². The molecule has 130 valence electrons. The van der Waals surface area contributed by atoms with E-state index in [-0.39, 0.29) is 19.1 Å². The Morgan fingerprint density at radius 2 is 2.24 bits per heavy atom. The van der Waals surface area contributed by atoms with Crippen LogP contribution in [0.25, 0.3) is 5.69 Å². The minimum Gasteiger partial charge on any atom is -0.494 e. The molecule has 0 aliphatic heterocycles. The second kappa shape index (κ2) is 7.91. The minimum atomic E-state index is -0.203. The highest BCUT2D eigenvalue weighted by Crippen LogP contribution is 2.22. The van der Waals surface area contributed by atoms with Crippen LogP contribution in [0.4, 0.5) is 0 Å². The molecule has 0 bridgehead atoms. The molecule has 0 atom stereocenters. The van der Waals surface area contributed by atoms with E-state index in [9.17, 15) is 9.90 Å². The molecule has 3 rings (SSSR count). The number of thiazole rings is 1. The monoisotopic (exact) mass is 358 g/mol. The highest BCUT2D eigenvalue weighted by molar-refractivity contribution is 7.09. The first-order valence-electron chi connectivity index (χ1n) is 7.69. The fourth-order valence-corrected chi connectivity index (χ4v) is 3.06. The molecule has 0 aliphatic rings. The number of hydrogen-bond acceptors (Lipinski definition) is 6. The average Bonchev–Trinajstić information content (AvgIpc) is 3.32. The van der Waals surface area contributed by atoms with Gasteiger partial charge in [0.1, 0.15) is 16.4 Å². The van der Waals surface area contributed by atoms with Crippen molar-refractivity contribution in [1.29, 1.82) is 0 Å². The molecule has 2 aromatic heterocycles. The molecule has 0 spiro atoms. The number of rotatable bonds is 7. The van der Waals surface area contributed by atoms with Gasteiger partial charge in [0.15, 0.2) is 0 Å². The smallest absolute Gasteiger partial charge is 0.257 e. The van der Waals surface area contributed by atoms with Crippen LogP contribution in [-0.4, -0.2) is 50.9 Å². The highest BCUT2D eigenvalue weighted by atomic mass is 32.1. The van der Waals surface area contributed by atoms with E-state index < -0.39 is 0 Å². The number of hydrogen-bond donors (Lipinski definition) is 1. The Hall–Kier alpha value is -2.71. The van der Waals surface area contributed by atoms with Crippen LogP contribution in [0, 0.1) is 0 Å². The molecular formula is C17H18N4O3S. The molecule has 1 aromatic carbocycles. The number of amides is 1. The number of carbonyl (C=O) groups is 1. The summed E-state index contributed by atoms with van der Waals surface area (Å²) in [6, 6.07) is 7.44. The zero-order chi connectivity index (χ0) is 17.6. The summed E-state index contributed by atoms with van der Waals surface area (Å²) < 4.78 is 6.93. The van der Waals surface area contributed by atoms with Crippen molar-refractivity contribution in [2.45, 2.75) is 6.54 Å². The SMILES string of the molecule is COc1ccccc1-n1cc(C(=O)N(CCO)Cc2nccs2)cn1. The number of benzene rings is 1. The topological polar surface area (TPSA) is 80.5 Å². The van der Waals surface area contributed by atoms with Gasteiger partial charge in [-0.25, -0.2) is 9.67 Å². The highest BCUT2D eigenvalue weighted by Gasteiger charge is 2.19. The van der Waals surface area contributed by atoms with Crippen LogP contribution in [0.2, 0.25) is 0 Å². The number of aliphatic hydroxyl groups excluding tert-OH is 1. The van der Waals surface area contributed by atoms with Crippen molar-refractivity contribution in [3.63, 3.8) is 0 Å². The molecule has 0 radical (unpaired) electrons. The van der Waals surface area contributed by atoms with Crippen LogP contribution < -0.4 is 4.74 Å². The van der Waals surface area contributed by atoms with Gasteiger partial charge >= 0.3 is 0 Å². The Morgan fingerprint density at radius 3 is 2.96 bits per heavy atom. The molecule has 1 N–H and O–H groups in total. The van der Waals surface area contributed by atoms with Gasteiger partial charge in [-0.2, -0.15) is 5.10 Å². The molecule has 0 saturated carbocycles. The standard InChI is InChI=1S/C17H18N4O3S/c1-24-15-5-3-2-4-14(15)21-11-13(10-19-21)17(23)20(7-8-22)12-16-18-6-9-25-16/h2-6,9-11,22H,7-8,12H2,1H3. The van der Waals surface area contributed by atoms with Crippen molar-refractivity contribution in [3.8, 4) is 11.4 Å². The Bertz CT molecular complexity index is 832. The van der Waals surface area contributed by atoms with Gasteiger partial charge in [-0.1, -0.05) is 12.1 Å². The van der Waals surface area contributed by atoms with Crippen molar-refractivity contribution in [1.82, 2.24) is 19.7 Å². The molecule has 3 aromatic rings. The van der Waals surface area contributed by atoms with Crippen LogP contribution in [0.5, 0.6) is 5.75 Å². The van der Waals surface area contributed by atoms with Gasteiger partial charge in [0.2, 0.25) is 0 Å². The van der Waals surface area contributed by atoms with Gasteiger partial charge in [-0.05, 0) is 12.1 Å². The lowest BCUT2D eigenvalue weighted by atomic mass is 10.3. The Labute approximate surface area is 149 Å². The van der Waals surface area contributed by atoms with E-state index in [0.717, 1.165) is 10.7 Å². The van der Waals surface area contributed by atoms with E-state index in [1.54, 1.807) is 29.1 Å². The fraction of sp³-hybridized carbons (Fsp3) is 0.235. The number of aromatic nitrogens is 3. The van der Waals surface area contributed by atoms with Crippen molar-refractivity contribution in [2.24, 2.45) is 0 Å². The van der Waals surface area contributed by atoms with Gasteiger partial charge in [0.25, 0.3) is 5.91 Å². The van der Waals surface area contributed by atoms with Gasteiger partial charge in [-0.15, -0.1) is 11.3 Å². The predicted molar refractivity (Wildman–Crippen MR) is 94.1 cm³/mol. The lowest BCUT2D eigenvalue weighted by Crippen LogP contribution is -2.32. The Balaban J connectivity index is 1.83. The third-order valence-electron chi connectivity index (χ3n) is 3.63. The molecule has 0 saturated heterocycles. The molecule has 2 heterocycles. The third-order valence-corrected chi connectivity index (χ3v) is 4.39. The lowest BCUT2D eigenvalue weighted by Gasteiger charge is -2.19. The number of aliphatic hydroxyl groups is 1. The van der Waals surface area contributed by atoms with E-state index in [1.807, 2.05) is 29.6 Å². The first-order valence-corrected chi connectivity index (χ1v) is 8.57. The average molecular weight is 358 g/mol. The Morgan fingerprint density at radius 1 is 1.40 bits per heavy atom. The molecule has 1 amide bonds. The predicted octanol–water partition coefficient (Wildman–Crippen LogP) is 1.97. The first-order chi connectivity index (χ1) is 12.2. The van der Waals surface area contributed by atoms with Crippen molar-refractivity contribution in [3.05, 3.63) is 58.8 Å². The fourth-order valence-electron chi connectivity index (χ4n) is 2.43. The zero-order valence-electron chi connectivity index (χ0n) is 13.7. The van der Waals surface area contributed by atoms with Crippen molar-refractivity contribution >= 4 is 17.2 Å². The molecule has 0 fully saturated rings. The summed E-state index contributed by atoms with van der Waals surface area (Å²) in [4.78, 5) is 18.5. The summed E-state index contributed by atoms with van der Waals surface area (Å²) in [5, 5.41) is 16.2. The molecule has 0 unspecified atom stereocenters. The van der Waals surface area contributed by atoms with Crippen molar-refractivity contribution in [2.75, 3.05) is 20.3 Å². The van der Waals surface area contributed by atoms with E-state index in [2.05, 4.69) is 10.1 Å². The maximum absolute atomic E-state index is 12.8. The summed E-state index contributed by atoms with van der Waals surface area (Å²) in [6.45, 7) is 0.479. The first kappa shape index (κ1) is 17.1. The Kier molecular flexibility index (Phi) is 5.42. The van der Waals surface area contributed by atoms with Gasteiger partial charge in [0, 0.05) is 24.3 Å². The summed E-state index contributed by atoms with van der Waals surface area (Å²) >= 11 is 1.47. The normalized spacial score (nSPS) is 10.6. The van der Waals surface area contributed by atoms with E-state index in [1.165, 1.54) is 17.5 Å². The molecule has 8 heteroatoms. The molecular weight excluding hydrogens is 340 g/mol. The van der Waals surface area contributed by atoms with Gasteiger partial charge in [0.05, 0.1) is 32.0 Å². The summed E-state index contributed by atoms with van der Waals surface area (Å²) in [5.41, 5.74) is 1.19. The molecule has 7 nitrogen and oxygen atoms in total. The summed E-state index contributed by atoms with van der Waals surface area (Å²) in [7, 11) is 1.59. The number of carbonyl (C=O) groups excluding carboxylic acids is 1. The van der Waals surface area contributed by atoms with Crippen LogP contribution >= 0.6 is 11.3 Å². The maximum Gasteiger partial charge on any atom is 0.257 e. The number of ether oxygens (including phenoxy) is 1. The summed E-state index contributed by atoms with van der Waals surface area (Å²) in [5.74, 6) is 0.463. The van der Waals surface area contributed by atoms with E-state index >= 15 is 0 Å². The second-order valence-corrected chi connectivity index (χ2v) is 6.20. The van der Waals surface area contributed by atoms with E-state index in [0.29, 0.717) is 17.9 Å². The largest absolute Gasteiger partial charge is 0.494 e. The third kappa shape index (κ3) is 3.86. The lowest BCUT2D eigenvalue weighted by molar-refractivity contribution is 0.0707. The van der Waals surface area contributed by atoms with Gasteiger partial charge < -0.3 is 14.7 Å². The number of methoxy groups -OCH3 is 1. The zero-order valence-corrected chi connectivity index (χ0v) is 14.5. The van der Waals surface area contributed by atoms with E-state index in [4.69, 9.17) is 4.74 Å². The maximum atomic E-state index is 12.8. The second-order valence-electron chi connectivity index (χ2n) is 5.22. The minimum absolute atomic E-state index is 0.113. The molecule has 0 aliphatic carbocycles. The van der Waals surface area contributed by atoms with Crippen LogP contribution in [0.15, 0.2) is 48.2 Å². The number of para-hydroxylation sites is 2. The van der Waals surface area contributed by atoms with Crippen LogP contribution in [-0.2, 0) is 6.54 Å².